The summed E-state index contributed by atoms with van der Waals surface area (Å²) in [6, 6.07) is 11.3. The molecule has 3 rings (SSSR count). The van der Waals surface area contributed by atoms with Crippen molar-refractivity contribution in [3.8, 4) is 5.75 Å². The van der Waals surface area contributed by atoms with E-state index in [0.717, 1.165) is 24.0 Å². The fourth-order valence-electron chi connectivity index (χ4n) is 3.26. The lowest BCUT2D eigenvalue weighted by Gasteiger charge is -2.15. The lowest BCUT2D eigenvalue weighted by atomic mass is 10.1. The summed E-state index contributed by atoms with van der Waals surface area (Å²) >= 11 is 0. The van der Waals surface area contributed by atoms with Crippen LogP contribution >= 0.6 is 0 Å². The van der Waals surface area contributed by atoms with Crippen LogP contribution in [0, 0.1) is 13.8 Å². The Morgan fingerprint density at radius 2 is 1.57 bits per heavy atom. The molecule has 2 aromatic rings. The third-order valence-corrected chi connectivity index (χ3v) is 6.80. The Hall–Kier alpha value is -2.91. The van der Waals surface area contributed by atoms with E-state index < -0.39 is 21.8 Å². The van der Waals surface area contributed by atoms with Crippen LogP contribution in [0.5, 0.6) is 5.75 Å². The fourth-order valence-corrected chi connectivity index (χ4v) is 4.77. The van der Waals surface area contributed by atoms with Gasteiger partial charge in [-0.25, -0.2) is 8.42 Å². The molecule has 0 bridgehead atoms. The molecule has 0 unspecified atom stereocenters. The fraction of sp³-hybridized carbons (Fsp3) is 0.333. The minimum Gasteiger partial charge on any atom is -0.483 e. The maximum absolute atomic E-state index is 12.5. The predicted molar refractivity (Wildman–Crippen MR) is 111 cm³/mol. The van der Waals surface area contributed by atoms with Gasteiger partial charge in [-0.3, -0.25) is 20.4 Å². The molecule has 1 fully saturated rings. The van der Waals surface area contributed by atoms with E-state index in [1.165, 1.54) is 28.6 Å². The third-order valence-electron chi connectivity index (χ3n) is 4.89. The van der Waals surface area contributed by atoms with Crippen LogP contribution in [0.25, 0.3) is 0 Å². The van der Waals surface area contributed by atoms with Gasteiger partial charge in [-0.2, -0.15) is 4.31 Å². The topological polar surface area (TPSA) is 105 Å². The normalized spacial score (nSPS) is 14.3. The van der Waals surface area contributed by atoms with Crippen molar-refractivity contribution in [2.75, 3.05) is 19.7 Å². The Balaban J connectivity index is 1.53. The molecule has 0 aromatic heterocycles. The van der Waals surface area contributed by atoms with Crippen LogP contribution in [0.1, 0.15) is 34.3 Å². The van der Waals surface area contributed by atoms with Crippen molar-refractivity contribution in [3.63, 3.8) is 0 Å². The highest BCUT2D eigenvalue weighted by atomic mass is 32.2. The second-order valence-electron chi connectivity index (χ2n) is 7.15. The van der Waals surface area contributed by atoms with Gasteiger partial charge < -0.3 is 4.74 Å². The number of sulfonamides is 1. The van der Waals surface area contributed by atoms with E-state index in [1.807, 2.05) is 32.0 Å². The Kier molecular flexibility index (Phi) is 6.73. The summed E-state index contributed by atoms with van der Waals surface area (Å²) in [5.74, 6) is -0.437. The number of hydrogen-bond acceptors (Lipinski definition) is 5. The van der Waals surface area contributed by atoms with E-state index in [-0.39, 0.29) is 17.1 Å². The number of para-hydroxylation sites is 1. The number of aryl methyl sites for hydroxylation is 2. The van der Waals surface area contributed by atoms with E-state index >= 15 is 0 Å². The molecule has 8 nitrogen and oxygen atoms in total. The van der Waals surface area contributed by atoms with Gasteiger partial charge in [0.05, 0.1) is 4.90 Å². The van der Waals surface area contributed by atoms with Crippen LogP contribution in [0.2, 0.25) is 0 Å². The lowest BCUT2D eigenvalue weighted by Crippen LogP contribution is -2.43. The first-order valence-electron chi connectivity index (χ1n) is 9.67. The SMILES string of the molecule is Cc1cccc(C)c1OCC(=O)NNC(=O)c1ccc(S(=O)(=O)N2CCCC2)cc1. The average Bonchev–Trinajstić information content (AvgIpc) is 3.27. The number of ether oxygens (including phenoxy) is 1. The van der Waals surface area contributed by atoms with Crippen molar-refractivity contribution < 1.29 is 22.7 Å². The smallest absolute Gasteiger partial charge is 0.276 e. The molecular formula is C21H25N3O5S. The highest BCUT2D eigenvalue weighted by Gasteiger charge is 2.27. The van der Waals surface area contributed by atoms with Crippen molar-refractivity contribution in [3.05, 3.63) is 59.2 Å². The van der Waals surface area contributed by atoms with Crippen LogP contribution in [0.15, 0.2) is 47.4 Å². The molecule has 0 radical (unpaired) electrons. The number of carbonyl (C=O) groups is 2. The molecule has 30 heavy (non-hydrogen) atoms. The first kappa shape index (κ1) is 21.8. The molecule has 1 aliphatic rings. The minimum atomic E-state index is -3.53. The highest BCUT2D eigenvalue weighted by Crippen LogP contribution is 2.22. The zero-order valence-electron chi connectivity index (χ0n) is 17.0. The van der Waals surface area contributed by atoms with Crippen LogP contribution in [0.3, 0.4) is 0 Å². The summed E-state index contributed by atoms with van der Waals surface area (Å²) in [6.07, 6.45) is 1.71. The summed E-state index contributed by atoms with van der Waals surface area (Å²) in [7, 11) is -3.53. The van der Waals surface area contributed by atoms with Gasteiger partial charge in [0.1, 0.15) is 5.75 Å². The zero-order valence-corrected chi connectivity index (χ0v) is 17.8. The van der Waals surface area contributed by atoms with E-state index in [1.54, 1.807) is 0 Å². The molecule has 0 atom stereocenters. The first-order valence-corrected chi connectivity index (χ1v) is 11.1. The van der Waals surface area contributed by atoms with E-state index in [0.29, 0.717) is 18.8 Å². The summed E-state index contributed by atoms with van der Waals surface area (Å²) in [5.41, 5.74) is 6.64. The zero-order chi connectivity index (χ0) is 21.7. The monoisotopic (exact) mass is 431 g/mol. The number of nitrogens with zero attached hydrogens (tertiary/aromatic N) is 1. The Labute approximate surface area is 176 Å². The standard InChI is InChI=1S/C21H25N3O5S/c1-15-6-5-7-16(2)20(15)29-14-19(25)22-23-21(26)17-8-10-18(11-9-17)30(27,28)24-12-3-4-13-24/h5-11H,3-4,12-14H2,1-2H3,(H,22,25)(H,23,26). The number of carbonyl (C=O) groups excluding carboxylic acids is 2. The van der Waals surface area contributed by atoms with Crippen molar-refractivity contribution in [1.29, 1.82) is 0 Å². The Bertz CT molecular complexity index is 1010. The molecule has 2 N–H and O–H groups in total. The van der Waals surface area contributed by atoms with Gasteiger partial charge in [0, 0.05) is 18.7 Å². The number of amides is 2. The number of rotatable bonds is 6. The van der Waals surface area contributed by atoms with Gasteiger partial charge in [0.2, 0.25) is 10.0 Å². The van der Waals surface area contributed by atoms with Gasteiger partial charge in [-0.15, -0.1) is 0 Å². The maximum atomic E-state index is 12.5. The molecule has 1 heterocycles. The van der Waals surface area contributed by atoms with Gasteiger partial charge in [0.15, 0.2) is 6.61 Å². The van der Waals surface area contributed by atoms with Crippen LogP contribution in [0.4, 0.5) is 0 Å². The molecule has 0 aliphatic carbocycles. The molecule has 2 aromatic carbocycles. The van der Waals surface area contributed by atoms with Crippen LogP contribution in [-0.4, -0.2) is 44.2 Å². The molecule has 9 heteroatoms. The lowest BCUT2D eigenvalue weighted by molar-refractivity contribution is -0.123. The maximum Gasteiger partial charge on any atom is 0.276 e. The number of benzene rings is 2. The quantitative estimate of drug-likeness (QED) is 0.680. The van der Waals surface area contributed by atoms with Crippen molar-refractivity contribution in [2.24, 2.45) is 0 Å². The van der Waals surface area contributed by atoms with Gasteiger partial charge in [-0.05, 0) is 62.1 Å². The molecular weight excluding hydrogens is 406 g/mol. The largest absolute Gasteiger partial charge is 0.483 e. The Morgan fingerprint density at radius 3 is 2.17 bits per heavy atom. The van der Waals surface area contributed by atoms with Crippen molar-refractivity contribution in [1.82, 2.24) is 15.2 Å². The van der Waals surface area contributed by atoms with Gasteiger partial charge >= 0.3 is 0 Å². The molecule has 2 amide bonds. The molecule has 0 saturated carbocycles. The van der Waals surface area contributed by atoms with Crippen molar-refractivity contribution >= 4 is 21.8 Å². The number of hydrazine groups is 1. The molecule has 0 spiro atoms. The second-order valence-corrected chi connectivity index (χ2v) is 9.09. The van der Waals surface area contributed by atoms with E-state index in [9.17, 15) is 18.0 Å². The number of nitrogens with one attached hydrogen (secondary N) is 2. The Morgan fingerprint density at radius 1 is 0.967 bits per heavy atom. The van der Waals surface area contributed by atoms with Crippen LogP contribution < -0.4 is 15.6 Å². The van der Waals surface area contributed by atoms with Crippen LogP contribution in [-0.2, 0) is 14.8 Å². The van der Waals surface area contributed by atoms with E-state index in [2.05, 4.69) is 10.9 Å². The molecule has 1 saturated heterocycles. The predicted octanol–water partition coefficient (Wildman–Crippen LogP) is 1.93. The van der Waals surface area contributed by atoms with E-state index in [4.69, 9.17) is 4.74 Å². The van der Waals surface area contributed by atoms with Gasteiger partial charge in [0.25, 0.3) is 11.8 Å². The summed E-state index contributed by atoms with van der Waals surface area (Å²) in [6.45, 7) is 4.55. The summed E-state index contributed by atoms with van der Waals surface area (Å²) in [5, 5.41) is 0. The third kappa shape index (κ3) is 4.98. The second kappa shape index (κ2) is 9.27. The molecule has 160 valence electrons. The number of hydrogen-bond donors (Lipinski definition) is 2. The van der Waals surface area contributed by atoms with Gasteiger partial charge in [-0.1, -0.05) is 18.2 Å². The minimum absolute atomic E-state index is 0.145. The molecule has 1 aliphatic heterocycles. The highest BCUT2D eigenvalue weighted by molar-refractivity contribution is 7.89. The summed E-state index contributed by atoms with van der Waals surface area (Å²) in [4.78, 5) is 24.3. The first-order chi connectivity index (χ1) is 14.3. The summed E-state index contributed by atoms with van der Waals surface area (Å²) < 4.78 is 32.0. The van der Waals surface area contributed by atoms with Crippen molar-refractivity contribution in [2.45, 2.75) is 31.6 Å². The average molecular weight is 432 g/mol.